The summed E-state index contributed by atoms with van der Waals surface area (Å²) in [5.41, 5.74) is 0.571. The zero-order chi connectivity index (χ0) is 13.2. The Bertz CT molecular complexity index is 469. The Morgan fingerprint density at radius 2 is 1.80 bits per heavy atom. The summed E-state index contributed by atoms with van der Waals surface area (Å²) in [4.78, 5) is 14.7. The molecule has 3 rings (SSSR count). The number of rotatable bonds is 4. The number of piperidine rings is 1. The largest absolute Gasteiger partial charge is 0.297 e. The van der Waals surface area contributed by atoms with Gasteiger partial charge in [0.05, 0.1) is 6.04 Å². The highest BCUT2D eigenvalue weighted by Gasteiger charge is 2.39. The molecule has 2 nitrogen and oxygen atoms in total. The molecule has 110 valence electrons. The van der Waals surface area contributed by atoms with Gasteiger partial charge in [-0.3, -0.25) is 9.69 Å². The van der Waals surface area contributed by atoms with Gasteiger partial charge in [0.25, 0.3) is 0 Å². The number of Topliss-reactive ketones (excluding diaryl/α,β-unsaturated/α-hetero) is 1. The number of carbonyl (C=O) groups excluding carboxylic acids is 1. The third-order valence-corrected chi connectivity index (χ3v) is 4.20. The summed E-state index contributed by atoms with van der Waals surface area (Å²) in [5, 5.41) is 0. The van der Waals surface area contributed by atoms with Gasteiger partial charge >= 0.3 is 0 Å². The molecule has 1 aromatic carbocycles. The minimum atomic E-state index is -0.353. The van der Waals surface area contributed by atoms with Crippen molar-refractivity contribution < 1.29 is 9.18 Å². The molecule has 4 heteroatoms. The number of halogens is 2. The van der Waals surface area contributed by atoms with Crippen molar-refractivity contribution in [3.05, 3.63) is 35.6 Å². The first kappa shape index (κ1) is 15.5. The summed E-state index contributed by atoms with van der Waals surface area (Å²) in [6.07, 6.45) is 5.42. The van der Waals surface area contributed by atoms with E-state index in [2.05, 4.69) is 4.90 Å². The molecule has 0 radical (unpaired) electrons. The Balaban J connectivity index is 0.00000147. The lowest BCUT2D eigenvalue weighted by Crippen LogP contribution is -2.39. The standard InChI is InChI=1S/C16H20FNO.ClH/c17-14-7-3-2-6-13(14)15(16(19)12-8-9-12)18-10-4-1-5-11-18;/h2-3,6-7,12,15H,1,4-5,8-11H2;1H. The van der Waals surface area contributed by atoms with Crippen molar-refractivity contribution in [1.29, 1.82) is 0 Å². The average molecular weight is 298 g/mol. The van der Waals surface area contributed by atoms with Crippen molar-refractivity contribution in [2.75, 3.05) is 13.1 Å². The minimum absolute atomic E-state index is 0. The smallest absolute Gasteiger partial charge is 0.157 e. The minimum Gasteiger partial charge on any atom is -0.297 e. The van der Waals surface area contributed by atoms with Crippen LogP contribution in [-0.2, 0) is 4.79 Å². The molecule has 0 amide bonds. The van der Waals surface area contributed by atoms with Gasteiger partial charge in [-0.2, -0.15) is 0 Å². The van der Waals surface area contributed by atoms with Crippen LogP contribution in [-0.4, -0.2) is 23.8 Å². The Kier molecular flexibility index (Phi) is 5.17. The molecule has 0 bridgehead atoms. The Hall–Kier alpha value is -0.930. The van der Waals surface area contributed by atoms with E-state index in [-0.39, 0.29) is 36.0 Å². The molecule has 1 heterocycles. The van der Waals surface area contributed by atoms with E-state index < -0.39 is 0 Å². The van der Waals surface area contributed by atoms with E-state index in [1.807, 2.05) is 6.07 Å². The van der Waals surface area contributed by atoms with Gasteiger partial charge in [-0.15, -0.1) is 12.4 Å². The number of hydrogen-bond donors (Lipinski definition) is 0. The summed E-state index contributed by atoms with van der Waals surface area (Å²) in [6.45, 7) is 1.83. The molecule has 1 saturated carbocycles. The molecule has 1 saturated heterocycles. The second-order valence-corrected chi connectivity index (χ2v) is 5.70. The van der Waals surface area contributed by atoms with Crippen LogP contribution < -0.4 is 0 Å². The highest BCUT2D eigenvalue weighted by atomic mass is 35.5. The summed E-state index contributed by atoms with van der Waals surface area (Å²) in [6, 6.07) is 6.40. The first-order valence-electron chi connectivity index (χ1n) is 7.29. The van der Waals surface area contributed by atoms with E-state index in [0.717, 1.165) is 38.8 Å². The van der Waals surface area contributed by atoms with Crippen LogP contribution in [0.3, 0.4) is 0 Å². The van der Waals surface area contributed by atoms with Crippen LogP contribution in [0.15, 0.2) is 24.3 Å². The highest BCUT2D eigenvalue weighted by molar-refractivity contribution is 5.89. The predicted octanol–water partition coefficient (Wildman–Crippen LogP) is 3.75. The Morgan fingerprint density at radius 1 is 1.15 bits per heavy atom. The van der Waals surface area contributed by atoms with E-state index in [9.17, 15) is 9.18 Å². The summed E-state index contributed by atoms with van der Waals surface area (Å²) >= 11 is 0. The molecular formula is C16H21ClFNO. The van der Waals surface area contributed by atoms with Crippen LogP contribution in [0.25, 0.3) is 0 Å². The molecule has 1 aromatic rings. The molecule has 1 aliphatic carbocycles. The van der Waals surface area contributed by atoms with Crippen molar-refractivity contribution in [3.63, 3.8) is 0 Å². The monoisotopic (exact) mass is 297 g/mol. The van der Waals surface area contributed by atoms with E-state index in [4.69, 9.17) is 0 Å². The zero-order valence-corrected chi connectivity index (χ0v) is 12.4. The molecule has 0 aromatic heterocycles. The number of likely N-dealkylation sites (tertiary alicyclic amines) is 1. The van der Waals surface area contributed by atoms with Crippen LogP contribution in [0.1, 0.15) is 43.7 Å². The Labute approximate surface area is 125 Å². The summed E-state index contributed by atoms with van der Waals surface area (Å²) < 4.78 is 14.1. The number of ketones is 1. The number of benzene rings is 1. The predicted molar refractivity (Wildman–Crippen MR) is 79.5 cm³/mol. The van der Waals surface area contributed by atoms with Crippen LogP contribution in [0.4, 0.5) is 4.39 Å². The number of hydrogen-bond acceptors (Lipinski definition) is 2. The van der Waals surface area contributed by atoms with Crippen molar-refractivity contribution in [2.24, 2.45) is 5.92 Å². The molecule has 2 aliphatic rings. The van der Waals surface area contributed by atoms with Gasteiger partial charge < -0.3 is 0 Å². The molecule has 2 fully saturated rings. The van der Waals surface area contributed by atoms with E-state index in [0.29, 0.717) is 5.56 Å². The van der Waals surface area contributed by atoms with E-state index in [1.165, 1.54) is 12.5 Å². The molecule has 0 spiro atoms. The number of carbonyl (C=O) groups is 1. The van der Waals surface area contributed by atoms with Gasteiger partial charge in [0.2, 0.25) is 0 Å². The Morgan fingerprint density at radius 3 is 2.40 bits per heavy atom. The highest BCUT2D eigenvalue weighted by Crippen LogP contribution is 2.38. The van der Waals surface area contributed by atoms with Gasteiger partial charge in [0.15, 0.2) is 5.78 Å². The third kappa shape index (κ3) is 3.21. The molecular weight excluding hydrogens is 277 g/mol. The fraction of sp³-hybridized carbons (Fsp3) is 0.562. The van der Waals surface area contributed by atoms with Crippen molar-refractivity contribution in [3.8, 4) is 0 Å². The molecule has 20 heavy (non-hydrogen) atoms. The lowest BCUT2D eigenvalue weighted by molar-refractivity contribution is -0.126. The fourth-order valence-corrected chi connectivity index (χ4v) is 2.99. The van der Waals surface area contributed by atoms with Crippen molar-refractivity contribution >= 4 is 18.2 Å². The zero-order valence-electron chi connectivity index (χ0n) is 11.6. The van der Waals surface area contributed by atoms with Gasteiger partial charge in [-0.05, 0) is 44.8 Å². The lowest BCUT2D eigenvalue weighted by Gasteiger charge is -2.34. The maximum absolute atomic E-state index is 14.1. The average Bonchev–Trinajstić information content (AvgIpc) is 3.27. The third-order valence-electron chi connectivity index (χ3n) is 4.20. The van der Waals surface area contributed by atoms with Crippen LogP contribution >= 0.6 is 12.4 Å². The van der Waals surface area contributed by atoms with Gasteiger partial charge in [-0.1, -0.05) is 24.6 Å². The second kappa shape index (κ2) is 6.68. The summed E-state index contributed by atoms with van der Waals surface area (Å²) in [5.74, 6) is 0.158. The SMILES string of the molecule is Cl.O=C(C1CC1)C(c1ccccc1F)N1CCCCC1. The topological polar surface area (TPSA) is 20.3 Å². The first-order valence-corrected chi connectivity index (χ1v) is 7.29. The van der Waals surface area contributed by atoms with Gasteiger partial charge in [-0.25, -0.2) is 4.39 Å². The van der Waals surface area contributed by atoms with Crippen LogP contribution in [0, 0.1) is 11.7 Å². The molecule has 0 N–H and O–H groups in total. The van der Waals surface area contributed by atoms with Crippen molar-refractivity contribution in [1.82, 2.24) is 4.90 Å². The number of nitrogens with zero attached hydrogens (tertiary/aromatic N) is 1. The second-order valence-electron chi connectivity index (χ2n) is 5.70. The molecule has 1 atom stereocenters. The van der Waals surface area contributed by atoms with Crippen molar-refractivity contribution in [2.45, 2.75) is 38.1 Å². The van der Waals surface area contributed by atoms with Crippen LogP contribution in [0.5, 0.6) is 0 Å². The lowest BCUT2D eigenvalue weighted by atomic mass is 9.95. The van der Waals surface area contributed by atoms with E-state index >= 15 is 0 Å². The normalized spacial score (nSPS) is 21.1. The first-order chi connectivity index (χ1) is 9.27. The van der Waals surface area contributed by atoms with Gasteiger partial charge in [0, 0.05) is 11.5 Å². The fourth-order valence-electron chi connectivity index (χ4n) is 2.99. The maximum Gasteiger partial charge on any atom is 0.157 e. The molecule has 1 unspecified atom stereocenters. The molecule has 1 aliphatic heterocycles. The maximum atomic E-state index is 14.1. The summed E-state index contributed by atoms with van der Waals surface area (Å²) in [7, 11) is 0. The van der Waals surface area contributed by atoms with Gasteiger partial charge in [0.1, 0.15) is 5.82 Å². The van der Waals surface area contributed by atoms with Crippen LogP contribution in [0.2, 0.25) is 0 Å². The quantitative estimate of drug-likeness (QED) is 0.843. The van der Waals surface area contributed by atoms with E-state index in [1.54, 1.807) is 12.1 Å².